The summed E-state index contributed by atoms with van der Waals surface area (Å²) in [7, 11) is 1.70. The van der Waals surface area contributed by atoms with Crippen molar-refractivity contribution in [3.8, 4) is 16.9 Å². The van der Waals surface area contributed by atoms with Gasteiger partial charge in [0, 0.05) is 17.2 Å². The Bertz CT molecular complexity index is 647. The Kier molecular flexibility index (Phi) is 3.62. The van der Waals surface area contributed by atoms with Gasteiger partial charge in [-0.2, -0.15) is 5.10 Å². The first-order valence-electron chi connectivity index (χ1n) is 7.60. The van der Waals surface area contributed by atoms with Crippen LogP contribution in [0.4, 0.5) is 5.82 Å². The average Bonchev–Trinajstić information content (AvgIpc) is 3.04. The van der Waals surface area contributed by atoms with E-state index in [1.54, 1.807) is 7.11 Å². The normalized spacial score (nSPS) is 21.7. The van der Waals surface area contributed by atoms with Crippen LogP contribution in [0.5, 0.6) is 5.75 Å². The van der Waals surface area contributed by atoms with Gasteiger partial charge in [0.15, 0.2) is 5.82 Å². The number of benzene rings is 1. The average molecular weight is 285 g/mol. The SMILES string of the molecule is COc1ccc(C)cc1-c1c(N)n[nH]c1C1CCCC1C. The molecule has 0 spiro atoms. The molecule has 1 fully saturated rings. The minimum atomic E-state index is 0.509. The van der Waals surface area contributed by atoms with Gasteiger partial charge in [0.2, 0.25) is 0 Å². The third kappa shape index (κ3) is 2.39. The molecule has 0 amide bonds. The van der Waals surface area contributed by atoms with Crippen molar-refractivity contribution in [2.75, 3.05) is 12.8 Å². The molecule has 2 unspecified atom stereocenters. The van der Waals surface area contributed by atoms with Crippen molar-refractivity contribution in [1.29, 1.82) is 0 Å². The molecule has 4 heteroatoms. The standard InChI is InChI=1S/C17H23N3O/c1-10-7-8-14(21-3)13(9-10)15-16(19-20-17(15)18)12-6-4-5-11(12)2/h7-9,11-12H,4-6H2,1-3H3,(H3,18,19,20). The second-order valence-corrected chi connectivity index (χ2v) is 6.12. The molecular formula is C17H23N3O. The van der Waals surface area contributed by atoms with E-state index in [1.165, 1.54) is 30.5 Å². The number of aromatic amines is 1. The number of anilines is 1. The predicted molar refractivity (Wildman–Crippen MR) is 85.5 cm³/mol. The number of rotatable bonds is 3. The molecule has 0 saturated heterocycles. The number of nitrogens with zero attached hydrogens (tertiary/aromatic N) is 1. The van der Waals surface area contributed by atoms with Gasteiger partial charge in [0.05, 0.1) is 12.7 Å². The van der Waals surface area contributed by atoms with Crippen molar-refractivity contribution in [3.63, 3.8) is 0 Å². The van der Waals surface area contributed by atoms with E-state index >= 15 is 0 Å². The molecule has 4 nitrogen and oxygen atoms in total. The van der Waals surface area contributed by atoms with E-state index in [-0.39, 0.29) is 0 Å². The molecular weight excluding hydrogens is 262 g/mol. The Balaban J connectivity index is 2.14. The Labute approximate surface area is 125 Å². The number of methoxy groups -OCH3 is 1. The number of aryl methyl sites for hydroxylation is 1. The fraction of sp³-hybridized carbons (Fsp3) is 0.471. The molecule has 1 aliphatic rings. The lowest BCUT2D eigenvalue weighted by Crippen LogP contribution is -2.05. The van der Waals surface area contributed by atoms with Crippen LogP contribution in [-0.2, 0) is 0 Å². The molecule has 3 rings (SSSR count). The van der Waals surface area contributed by atoms with Crippen molar-refractivity contribution < 1.29 is 4.74 Å². The number of nitrogens with two attached hydrogens (primary N) is 1. The minimum Gasteiger partial charge on any atom is -0.496 e. The van der Waals surface area contributed by atoms with Crippen molar-refractivity contribution in [2.24, 2.45) is 5.92 Å². The van der Waals surface area contributed by atoms with Crippen LogP contribution in [0.25, 0.3) is 11.1 Å². The summed E-state index contributed by atoms with van der Waals surface area (Å²) in [6, 6.07) is 6.18. The fourth-order valence-electron chi connectivity index (χ4n) is 3.51. The molecule has 1 aromatic carbocycles. The molecule has 0 radical (unpaired) electrons. The lowest BCUT2D eigenvalue weighted by molar-refractivity contribution is 0.416. The quantitative estimate of drug-likeness (QED) is 0.899. The highest BCUT2D eigenvalue weighted by molar-refractivity contribution is 5.81. The maximum absolute atomic E-state index is 6.16. The topological polar surface area (TPSA) is 63.9 Å². The van der Waals surface area contributed by atoms with Gasteiger partial charge in [-0.25, -0.2) is 0 Å². The Morgan fingerprint density at radius 1 is 1.33 bits per heavy atom. The van der Waals surface area contributed by atoms with E-state index in [1.807, 2.05) is 6.07 Å². The van der Waals surface area contributed by atoms with E-state index in [9.17, 15) is 0 Å². The summed E-state index contributed by atoms with van der Waals surface area (Å²) >= 11 is 0. The lowest BCUT2D eigenvalue weighted by atomic mass is 9.89. The summed E-state index contributed by atoms with van der Waals surface area (Å²) in [4.78, 5) is 0. The van der Waals surface area contributed by atoms with E-state index in [0.29, 0.717) is 17.7 Å². The highest BCUT2D eigenvalue weighted by atomic mass is 16.5. The summed E-state index contributed by atoms with van der Waals surface area (Å²) in [5, 5.41) is 7.46. The highest BCUT2D eigenvalue weighted by Gasteiger charge is 2.30. The van der Waals surface area contributed by atoms with Gasteiger partial charge in [-0.1, -0.05) is 31.4 Å². The largest absolute Gasteiger partial charge is 0.496 e. The van der Waals surface area contributed by atoms with Crippen molar-refractivity contribution in [1.82, 2.24) is 10.2 Å². The van der Waals surface area contributed by atoms with E-state index < -0.39 is 0 Å². The summed E-state index contributed by atoms with van der Waals surface area (Å²) in [5.41, 5.74) is 10.6. The van der Waals surface area contributed by atoms with Gasteiger partial charge in [-0.05, 0) is 31.4 Å². The first-order chi connectivity index (χ1) is 10.1. The monoisotopic (exact) mass is 285 g/mol. The summed E-state index contributed by atoms with van der Waals surface area (Å²) < 4.78 is 5.53. The van der Waals surface area contributed by atoms with E-state index in [2.05, 4.69) is 36.2 Å². The number of hydrogen-bond donors (Lipinski definition) is 2. The van der Waals surface area contributed by atoms with Gasteiger partial charge >= 0.3 is 0 Å². The van der Waals surface area contributed by atoms with Crippen LogP contribution in [0.3, 0.4) is 0 Å². The molecule has 0 bridgehead atoms. The number of H-pyrrole nitrogens is 1. The zero-order chi connectivity index (χ0) is 15.0. The van der Waals surface area contributed by atoms with Crippen LogP contribution < -0.4 is 10.5 Å². The number of ether oxygens (including phenoxy) is 1. The van der Waals surface area contributed by atoms with Gasteiger partial charge in [-0.3, -0.25) is 5.10 Å². The third-order valence-corrected chi connectivity index (χ3v) is 4.68. The van der Waals surface area contributed by atoms with Crippen LogP contribution in [-0.4, -0.2) is 17.3 Å². The first kappa shape index (κ1) is 14.0. The molecule has 21 heavy (non-hydrogen) atoms. The third-order valence-electron chi connectivity index (χ3n) is 4.68. The molecule has 1 saturated carbocycles. The second-order valence-electron chi connectivity index (χ2n) is 6.12. The maximum Gasteiger partial charge on any atom is 0.153 e. The smallest absolute Gasteiger partial charge is 0.153 e. The molecule has 2 atom stereocenters. The molecule has 0 aliphatic heterocycles. The van der Waals surface area contributed by atoms with Crippen LogP contribution in [0.1, 0.15) is 43.4 Å². The molecule has 2 aromatic rings. The fourth-order valence-corrected chi connectivity index (χ4v) is 3.51. The molecule has 3 N–H and O–H groups in total. The first-order valence-corrected chi connectivity index (χ1v) is 7.60. The maximum atomic E-state index is 6.16. The number of nitrogen functional groups attached to an aromatic ring is 1. The zero-order valence-electron chi connectivity index (χ0n) is 12.9. The molecule has 1 heterocycles. The Hall–Kier alpha value is -1.97. The van der Waals surface area contributed by atoms with Crippen LogP contribution >= 0.6 is 0 Å². The summed E-state index contributed by atoms with van der Waals surface area (Å²) in [6.45, 7) is 4.39. The second kappa shape index (κ2) is 5.43. The number of nitrogens with one attached hydrogen (secondary N) is 1. The van der Waals surface area contributed by atoms with Crippen LogP contribution in [0.2, 0.25) is 0 Å². The van der Waals surface area contributed by atoms with E-state index in [0.717, 1.165) is 16.9 Å². The lowest BCUT2D eigenvalue weighted by Gasteiger charge is -2.17. The predicted octanol–water partition coefficient (Wildman–Crippen LogP) is 3.88. The number of hydrogen-bond acceptors (Lipinski definition) is 3. The highest BCUT2D eigenvalue weighted by Crippen LogP contribution is 2.45. The summed E-state index contributed by atoms with van der Waals surface area (Å²) in [5.74, 6) is 2.59. The van der Waals surface area contributed by atoms with E-state index in [4.69, 9.17) is 10.5 Å². The Morgan fingerprint density at radius 2 is 2.14 bits per heavy atom. The Morgan fingerprint density at radius 3 is 2.81 bits per heavy atom. The van der Waals surface area contributed by atoms with Crippen LogP contribution in [0, 0.1) is 12.8 Å². The molecule has 1 aliphatic carbocycles. The van der Waals surface area contributed by atoms with Gasteiger partial charge < -0.3 is 10.5 Å². The van der Waals surface area contributed by atoms with Gasteiger partial charge in [0.25, 0.3) is 0 Å². The van der Waals surface area contributed by atoms with Gasteiger partial charge in [0.1, 0.15) is 5.75 Å². The minimum absolute atomic E-state index is 0.509. The van der Waals surface area contributed by atoms with Crippen molar-refractivity contribution >= 4 is 5.82 Å². The number of aromatic nitrogens is 2. The van der Waals surface area contributed by atoms with Crippen molar-refractivity contribution in [3.05, 3.63) is 29.5 Å². The van der Waals surface area contributed by atoms with Crippen molar-refractivity contribution in [2.45, 2.75) is 39.0 Å². The van der Waals surface area contributed by atoms with Gasteiger partial charge in [-0.15, -0.1) is 0 Å². The molecule has 1 aromatic heterocycles. The molecule has 112 valence electrons. The zero-order valence-corrected chi connectivity index (χ0v) is 12.9. The van der Waals surface area contributed by atoms with Crippen LogP contribution in [0.15, 0.2) is 18.2 Å². The summed E-state index contributed by atoms with van der Waals surface area (Å²) in [6.07, 6.45) is 3.74.